The first-order valence-corrected chi connectivity index (χ1v) is 7.32. The van der Waals surface area contributed by atoms with Crippen molar-refractivity contribution < 1.29 is 14.2 Å². The summed E-state index contributed by atoms with van der Waals surface area (Å²) in [6.07, 6.45) is 0.748. The quantitative estimate of drug-likeness (QED) is 0.777. The number of rotatable bonds is 7. The Morgan fingerprint density at radius 3 is 2.50 bits per heavy atom. The molecule has 1 aromatic rings. The molecule has 0 radical (unpaired) electrons. The molecule has 1 aromatic carbocycles. The van der Waals surface area contributed by atoms with Crippen LogP contribution in [-0.4, -0.2) is 37.6 Å². The third-order valence-corrected chi connectivity index (χ3v) is 3.65. The van der Waals surface area contributed by atoms with Crippen LogP contribution in [-0.2, 0) is 6.54 Å². The van der Waals surface area contributed by atoms with Gasteiger partial charge in [-0.3, -0.25) is 5.01 Å². The molecule has 0 bridgehead atoms. The first-order valence-electron chi connectivity index (χ1n) is 6.91. The topological polar surface area (TPSA) is 67.7 Å². The number of nitrogens with one attached hydrogen (secondary N) is 1. The number of hydrogen-bond donors (Lipinski definition) is 1. The third kappa shape index (κ3) is 3.12. The van der Waals surface area contributed by atoms with Gasteiger partial charge in [0, 0.05) is 12.1 Å². The second-order valence-electron chi connectivity index (χ2n) is 4.59. The Hall–Kier alpha value is -1.93. The van der Waals surface area contributed by atoms with E-state index < -0.39 is 0 Å². The summed E-state index contributed by atoms with van der Waals surface area (Å²) in [4.78, 5) is 0. The number of ether oxygens (including phenoxy) is 3. The molecule has 1 unspecified atom stereocenters. The van der Waals surface area contributed by atoms with Crippen molar-refractivity contribution in [2.75, 3.05) is 21.3 Å². The van der Waals surface area contributed by atoms with Gasteiger partial charge in [0.15, 0.2) is 17.7 Å². The van der Waals surface area contributed by atoms with Crippen molar-refractivity contribution in [3.8, 4) is 17.2 Å². The second-order valence-corrected chi connectivity index (χ2v) is 4.95. The SMILES string of the molecule is CCC1N=NC(=S)N1NCc1ccc(OC)c(OC)c1OC. The van der Waals surface area contributed by atoms with E-state index in [0.29, 0.717) is 28.9 Å². The summed E-state index contributed by atoms with van der Waals surface area (Å²) in [5.41, 5.74) is 4.16. The lowest BCUT2D eigenvalue weighted by Crippen LogP contribution is -2.43. The van der Waals surface area contributed by atoms with Crippen LogP contribution in [0.15, 0.2) is 22.4 Å². The molecule has 1 N–H and O–H groups in total. The van der Waals surface area contributed by atoms with E-state index in [1.807, 2.05) is 19.1 Å². The van der Waals surface area contributed by atoms with E-state index in [1.165, 1.54) is 0 Å². The average Bonchev–Trinajstić information content (AvgIpc) is 2.91. The molecule has 22 heavy (non-hydrogen) atoms. The molecule has 0 aliphatic carbocycles. The molecule has 0 spiro atoms. The highest BCUT2D eigenvalue weighted by molar-refractivity contribution is 7.80. The van der Waals surface area contributed by atoms with E-state index in [1.54, 1.807) is 26.3 Å². The first kappa shape index (κ1) is 16.4. The van der Waals surface area contributed by atoms with Crippen LogP contribution in [0.3, 0.4) is 0 Å². The van der Waals surface area contributed by atoms with Gasteiger partial charge in [-0.2, -0.15) is 5.11 Å². The minimum atomic E-state index is -0.0707. The molecule has 1 heterocycles. The van der Waals surface area contributed by atoms with E-state index in [-0.39, 0.29) is 6.17 Å². The van der Waals surface area contributed by atoms with Crippen molar-refractivity contribution in [3.63, 3.8) is 0 Å². The molecule has 1 aliphatic heterocycles. The van der Waals surface area contributed by atoms with E-state index >= 15 is 0 Å². The first-order chi connectivity index (χ1) is 10.7. The maximum Gasteiger partial charge on any atom is 0.232 e. The van der Waals surface area contributed by atoms with Crippen LogP contribution in [0.1, 0.15) is 18.9 Å². The standard InChI is InChI=1S/C14H20N4O3S/c1-5-11-16-17-14(22)18(11)15-8-9-6-7-10(19-2)13(21-4)12(9)20-3/h6-7,11,15H,5,8H2,1-4H3. The number of nitrogens with zero attached hydrogens (tertiary/aromatic N) is 3. The predicted molar refractivity (Wildman–Crippen MR) is 86.3 cm³/mol. The fourth-order valence-corrected chi connectivity index (χ4v) is 2.49. The van der Waals surface area contributed by atoms with Crippen LogP contribution >= 0.6 is 12.2 Å². The summed E-state index contributed by atoms with van der Waals surface area (Å²) in [7, 11) is 4.77. The molecule has 8 heteroatoms. The van der Waals surface area contributed by atoms with Gasteiger partial charge in [-0.1, -0.05) is 6.92 Å². The molecule has 7 nitrogen and oxygen atoms in total. The van der Waals surface area contributed by atoms with Crippen molar-refractivity contribution in [1.29, 1.82) is 0 Å². The molecule has 1 aliphatic rings. The van der Waals surface area contributed by atoms with Gasteiger partial charge in [0.2, 0.25) is 10.9 Å². The molecule has 0 saturated heterocycles. The van der Waals surface area contributed by atoms with Crippen LogP contribution in [0.4, 0.5) is 0 Å². The zero-order valence-electron chi connectivity index (χ0n) is 13.1. The van der Waals surface area contributed by atoms with Crippen molar-refractivity contribution in [1.82, 2.24) is 10.4 Å². The monoisotopic (exact) mass is 324 g/mol. The van der Waals surface area contributed by atoms with Crippen LogP contribution < -0.4 is 19.6 Å². The second kappa shape index (κ2) is 7.37. The highest BCUT2D eigenvalue weighted by Crippen LogP contribution is 2.39. The van der Waals surface area contributed by atoms with E-state index in [2.05, 4.69) is 15.7 Å². The highest BCUT2D eigenvalue weighted by atomic mass is 32.1. The predicted octanol–water partition coefficient (Wildman–Crippen LogP) is 2.51. The molecular formula is C14H20N4O3S. The molecule has 120 valence electrons. The Balaban J connectivity index is 2.18. The Morgan fingerprint density at radius 2 is 1.91 bits per heavy atom. The number of hydrazine groups is 1. The van der Waals surface area contributed by atoms with Crippen LogP contribution in [0.5, 0.6) is 17.2 Å². The Labute approximate surface area is 135 Å². The van der Waals surface area contributed by atoms with Gasteiger partial charge in [0.05, 0.1) is 21.3 Å². The normalized spacial score (nSPS) is 17.0. The zero-order chi connectivity index (χ0) is 16.1. The zero-order valence-corrected chi connectivity index (χ0v) is 13.9. The molecule has 0 fully saturated rings. The number of benzene rings is 1. The summed E-state index contributed by atoms with van der Waals surface area (Å²) in [5.74, 6) is 1.81. The molecule has 0 saturated carbocycles. The van der Waals surface area contributed by atoms with E-state index in [0.717, 1.165) is 12.0 Å². The van der Waals surface area contributed by atoms with Gasteiger partial charge in [-0.15, -0.1) is 5.11 Å². The largest absolute Gasteiger partial charge is 0.493 e. The maximum atomic E-state index is 5.46. The summed E-state index contributed by atoms with van der Waals surface area (Å²) in [6.45, 7) is 2.54. The minimum absolute atomic E-state index is 0.0707. The van der Waals surface area contributed by atoms with Crippen molar-refractivity contribution in [3.05, 3.63) is 17.7 Å². The number of hydrogen-bond acceptors (Lipinski definition) is 6. The van der Waals surface area contributed by atoms with E-state index in [9.17, 15) is 0 Å². The Kier molecular flexibility index (Phi) is 5.51. The summed E-state index contributed by atoms with van der Waals surface area (Å²) in [5, 5.41) is 10.3. The number of thiocarbonyl (C=S) groups is 1. The number of methoxy groups -OCH3 is 3. The fourth-order valence-electron chi connectivity index (χ4n) is 2.25. The van der Waals surface area contributed by atoms with Gasteiger partial charge >= 0.3 is 0 Å². The number of azo groups is 1. The lowest BCUT2D eigenvalue weighted by molar-refractivity contribution is 0.239. The lowest BCUT2D eigenvalue weighted by Gasteiger charge is -2.24. The smallest absolute Gasteiger partial charge is 0.232 e. The van der Waals surface area contributed by atoms with Crippen molar-refractivity contribution in [2.24, 2.45) is 10.2 Å². The molecule has 2 rings (SSSR count). The maximum absolute atomic E-state index is 5.46. The third-order valence-electron chi connectivity index (χ3n) is 3.37. The van der Waals surface area contributed by atoms with Gasteiger partial charge in [-0.25, -0.2) is 5.43 Å². The minimum Gasteiger partial charge on any atom is -0.493 e. The van der Waals surface area contributed by atoms with Crippen LogP contribution in [0, 0.1) is 0 Å². The van der Waals surface area contributed by atoms with Gasteiger partial charge in [0.1, 0.15) is 0 Å². The summed E-state index contributed by atoms with van der Waals surface area (Å²) < 4.78 is 16.1. The highest BCUT2D eigenvalue weighted by Gasteiger charge is 2.25. The van der Waals surface area contributed by atoms with Crippen LogP contribution in [0.25, 0.3) is 0 Å². The van der Waals surface area contributed by atoms with Crippen LogP contribution in [0.2, 0.25) is 0 Å². The molecule has 0 aromatic heterocycles. The van der Waals surface area contributed by atoms with E-state index in [4.69, 9.17) is 26.4 Å². The molecule has 1 atom stereocenters. The van der Waals surface area contributed by atoms with Gasteiger partial charge in [0.25, 0.3) is 0 Å². The fraction of sp³-hybridized carbons (Fsp3) is 0.500. The lowest BCUT2D eigenvalue weighted by atomic mass is 10.1. The summed E-state index contributed by atoms with van der Waals surface area (Å²) >= 11 is 5.18. The molecule has 0 amide bonds. The molecular weight excluding hydrogens is 304 g/mol. The van der Waals surface area contributed by atoms with Crippen molar-refractivity contribution in [2.45, 2.75) is 26.1 Å². The Morgan fingerprint density at radius 1 is 1.18 bits per heavy atom. The summed E-state index contributed by atoms with van der Waals surface area (Å²) in [6, 6.07) is 3.76. The Bertz CT molecular complexity index is 579. The van der Waals surface area contributed by atoms with Gasteiger partial charge in [-0.05, 0) is 30.8 Å². The average molecular weight is 324 g/mol. The van der Waals surface area contributed by atoms with Gasteiger partial charge < -0.3 is 14.2 Å². The van der Waals surface area contributed by atoms with Crippen molar-refractivity contribution >= 4 is 17.3 Å².